The van der Waals surface area contributed by atoms with E-state index < -0.39 is 0 Å². The minimum absolute atomic E-state index is 0.264. The zero-order chi connectivity index (χ0) is 13.0. The Morgan fingerprint density at radius 1 is 1.39 bits per heavy atom. The highest BCUT2D eigenvalue weighted by Crippen LogP contribution is 2.26. The number of nitrogens with zero attached hydrogens (tertiary/aromatic N) is 2. The number of rotatable bonds is 4. The molecule has 1 N–H and O–H groups in total. The largest absolute Gasteiger partial charge is 0.411 e. The molecular formula is C14H20N2O2. The first-order chi connectivity index (χ1) is 8.72. The standard InChI is InChI=1S/C14H20N2O2/c1-11(2)18-10-9-16-8-7-13(15-17)12-5-3-4-6-14(12)16/h3-6,11,17H,7-10H2,1-2H3. The maximum atomic E-state index is 9.02. The fraction of sp³-hybridized carbons (Fsp3) is 0.500. The first-order valence-electron chi connectivity index (χ1n) is 6.39. The van der Waals surface area contributed by atoms with Crippen molar-refractivity contribution in [3.8, 4) is 0 Å². The molecule has 4 nitrogen and oxygen atoms in total. The second-order valence-corrected chi connectivity index (χ2v) is 4.72. The van der Waals surface area contributed by atoms with E-state index in [9.17, 15) is 0 Å². The van der Waals surface area contributed by atoms with Gasteiger partial charge in [0, 0.05) is 30.8 Å². The fourth-order valence-corrected chi connectivity index (χ4v) is 2.22. The van der Waals surface area contributed by atoms with Gasteiger partial charge in [0.1, 0.15) is 0 Å². The highest BCUT2D eigenvalue weighted by atomic mass is 16.5. The van der Waals surface area contributed by atoms with Crippen LogP contribution in [0, 0.1) is 0 Å². The maximum Gasteiger partial charge on any atom is 0.0906 e. The van der Waals surface area contributed by atoms with Crippen LogP contribution in [0.2, 0.25) is 0 Å². The molecule has 0 saturated carbocycles. The highest BCUT2D eigenvalue weighted by Gasteiger charge is 2.21. The Kier molecular flexibility index (Phi) is 4.20. The van der Waals surface area contributed by atoms with Crippen LogP contribution < -0.4 is 4.90 Å². The van der Waals surface area contributed by atoms with Gasteiger partial charge in [-0.1, -0.05) is 23.4 Å². The molecule has 1 aromatic carbocycles. The van der Waals surface area contributed by atoms with Gasteiger partial charge in [-0.25, -0.2) is 0 Å². The molecule has 4 heteroatoms. The average Bonchev–Trinajstić information content (AvgIpc) is 2.38. The van der Waals surface area contributed by atoms with E-state index in [1.807, 2.05) is 32.0 Å². The molecule has 0 aliphatic carbocycles. The van der Waals surface area contributed by atoms with E-state index in [0.717, 1.165) is 43.1 Å². The van der Waals surface area contributed by atoms with Crippen molar-refractivity contribution < 1.29 is 9.94 Å². The highest BCUT2D eigenvalue weighted by molar-refractivity contribution is 6.06. The molecule has 0 unspecified atom stereocenters. The Labute approximate surface area is 108 Å². The Bertz CT molecular complexity index is 430. The predicted octanol–water partition coefficient (Wildman–Crippen LogP) is 2.50. The van der Waals surface area contributed by atoms with E-state index in [2.05, 4.69) is 16.1 Å². The van der Waals surface area contributed by atoms with Crippen molar-refractivity contribution in [2.75, 3.05) is 24.6 Å². The predicted molar refractivity (Wildman–Crippen MR) is 72.7 cm³/mol. The minimum Gasteiger partial charge on any atom is -0.411 e. The van der Waals surface area contributed by atoms with Gasteiger partial charge in [-0.05, 0) is 19.9 Å². The minimum atomic E-state index is 0.264. The topological polar surface area (TPSA) is 45.1 Å². The number of ether oxygens (including phenoxy) is 1. The lowest BCUT2D eigenvalue weighted by Gasteiger charge is -2.31. The van der Waals surface area contributed by atoms with Crippen LogP contribution in [0.1, 0.15) is 25.8 Å². The monoisotopic (exact) mass is 248 g/mol. The fourth-order valence-electron chi connectivity index (χ4n) is 2.22. The van der Waals surface area contributed by atoms with Crippen molar-refractivity contribution in [2.45, 2.75) is 26.4 Å². The second-order valence-electron chi connectivity index (χ2n) is 4.72. The first kappa shape index (κ1) is 12.9. The summed E-state index contributed by atoms with van der Waals surface area (Å²) in [6.07, 6.45) is 1.04. The molecule has 1 heterocycles. The van der Waals surface area contributed by atoms with Crippen LogP contribution in [0.5, 0.6) is 0 Å². The van der Waals surface area contributed by atoms with Crippen LogP contribution in [-0.4, -0.2) is 36.7 Å². The molecule has 1 aliphatic rings. The van der Waals surface area contributed by atoms with Gasteiger partial charge >= 0.3 is 0 Å². The summed E-state index contributed by atoms with van der Waals surface area (Å²) in [6, 6.07) is 8.04. The summed E-state index contributed by atoms with van der Waals surface area (Å²) in [5.74, 6) is 0. The molecule has 0 atom stereocenters. The maximum absolute atomic E-state index is 9.02. The summed E-state index contributed by atoms with van der Waals surface area (Å²) in [5, 5.41) is 12.4. The lowest BCUT2D eigenvalue weighted by atomic mass is 10.00. The van der Waals surface area contributed by atoms with Crippen LogP contribution in [0.3, 0.4) is 0 Å². The van der Waals surface area contributed by atoms with Gasteiger partial charge in [-0.2, -0.15) is 0 Å². The molecule has 0 aromatic heterocycles. The average molecular weight is 248 g/mol. The summed E-state index contributed by atoms with van der Waals surface area (Å²) >= 11 is 0. The molecule has 98 valence electrons. The number of para-hydroxylation sites is 1. The van der Waals surface area contributed by atoms with Gasteiger partial charge in [0.25, 0.3) is 0 Å². The Hall–Kier alpha value is -1.55. The third kappa shape index (κ3) is 2.82. The van der Waals surface area contributed by atoms with Gasteiger partial charge in [0.05, 0.1) is 18.4 Å². The van der Waals surface area contributed by atoms with E-state index in [0.29, 0.717) is 0 Å². The first-order valence-corrected chi connectivity index (χ1v) is 6.39. The van der Waals surface area contributed by atoms with Crippen molar-refractivity contribution in [2.24, 2.45) is 5.16 Å². The van der Waals surface area contributed by atoms with E-state index >= 15 is 0 Å². The molecule has 0 bridgehead atoms. The number of benzene rings is 1. The number of anilines is 1. The third-order valence-corrected chi connectivity index (χ3v) is 3.11. The zero-order valence-electron chi connectivity index (χ0n) is 11.0. The number of hydrogen-bond donors (Lipinski definition) is 1. The van der Waals surface area contributed by atoms with Gasteiger partial charge < -0.3 is 14.8 Å². The summed E-state index contributed by atoms with van der Waals surface area (Å²) < 4.78 is 5.59. The Morgan fingerprint density at radius 3 is 2.89 bits per heavy atom. The van der Waals surface area contributed by atoms with Gasteiger partial charge in [0.2, 0.25) is 0 Å². The molecule has 1 aromatic rings. The molecule has 0 spiro atoms. The number of hydrogen-bond acceptors (Lipinski definition) is 4. The Balaban J connectivity index is 2.10. The molecule has 18 heavy (non-hydrogen) atoms. The smallest absolute Gasteiger partial charge is 0.0906 e. The normalized spacial score (nSPS) is 17.3. The molecule has 0 radical (unpaired) electrons. The van der Waals surface area contributed by atoms with Crippen molar-refractivity contribution >= 4 is 11.4 Å². The molecular weight excluding hydrogens is 228 g/mol. The molecule has 0 fully saturated rings. The van der Waals surface area contributed by atoms with Crippen molar-refractivity contribution in [3.63, 3.8) is 0 Å². The van der Waals surface area contributed by atoms with Crippen molar-refractivity contribution in [1.29, 1.82) is 0 Å². The molecule has 1 aliphatic heterocycles. The quantitative estimate of drug-likeness (QED) is 0.657. The number of oxime groups is 1. The summed E-state index contributed by atoms with van der Waals surface area (Å²) in [4.78, 5) is 2.28. The Morgan fingerprint density at radius 2 is 2.17 bits per heavy atom. The van der Waals surface area contributed by atoms with Gasteiger partial charge in [-0.3, -0.25) is 0 Å². The van der Waals surface area contributed by atoms with E-state index in [-0.39, 0.29) is 6.10 Å². The van der Waals surface area contributed by atoms with Crippen LogP contribution in [-0.2, 0) is 4.74 Å². The van der Waals surface area contributed by atoms with Gasteiger partial charge in [0.15, 0.2) is 0 Å². The van der Waals surface area contributed by atoms with Gasteiger partial charge in [-0.15, -0.1) is 0 Å². The van der Waals surface area contributed by atoms with Crippen LogP contribution >= 0.6 is 0 Å². The van der Waals surface area contributed by atoms with Crippen molar-refractivity contribution in [3.05, 3.63) is 29.8 Å². The number of fused-ring (bicyclic) bond motifs is 1. The van der Waals surface area contributed by atoms with Crippen molar-refractivity contribution in [1.82, 2.24) is 0 Å². The second kappa shape index (κ2) is 5.87. The lowest BCUT2D eigenvalue weighted by Crippen LogP contribution is -2.35. The third-order valence-electron chi connectivity index (χ3n) is 3.11. The van der Waals surface area contributed by atoms with E-state index in [4.69, 9.17) is 9.94 Å². The van der Waals surface area contributed by atoms with Crippen LogP contribution in [0.4, 0.5) is 5.69 Å². The summed E-state index contributed by atoms with van der Waals surface area (Å²) in [5.41, 5.74) is 2.92. The molecule has 0 saturated heterocycles. The lowest BCUT2D eigenvalue weighted by molar-refractivity contribution is 0.0840. The van der Waals surface area contributed by atoms with Crippen LogP contribution in [0.25, 0.3) is 0 Å². The SMILES string of the molecule is CC(C)OCCN1CCC(=NO)c2ccccc21. The van der Waals surface area contributed by atoms with E-state index in [1.165, 1.54) is 0 Å². The van der Waals surface area contributed by atoms with E-state index in [1.54, 1.807) is 0 Å². The molecule has 2 rings (SSSR count). The summed E-state index contributed by atoms with van der Waals surface area (Å²) in [7, 11) is 0. The van der Waals surface area contributed by atoms with Crippen LogP contribution in [0.15, 0.2) is 29.4 Å². The summed E-state index contributed by atoms with van der Waals surface area (Å²) in [6.45, 7) is 6.55. The zero-order valence-corrected chi connectivity index (χ0v) is 11.0. The molecule has 0 amide bonds.